The number of hydrogen-bond donors (Lipinski definition) is 2. The Bertz CT molecular complexity index is 312. The number of nitrogens with two attached hydrogens (primary N) is 1. The first-order valence-corrected chi connectivity index (χ1v) is 4.08. The molecule has 0 bridgehead atoms. The van der Waals surface area contributed by atoms with Gasteiger partial charge in [0.15, 0.2) is 0 Å². The normalized spacial score (nSPS) is 10.4. The van der Waals surface area contributed by atoms with Gasteiger partial charge in [-0.15, -0.1) is 6.42 Å². The molecule has 1 rings (SSSR count). The molecular formula is C11H13NO2. The fraction of sp³-hybridized carbons (Fsp3) is 0.182. The van der Waals surface area contributed by atoms with Crippen molar-refractivity contribution in [3.63, 3.8) is 0 Å². The van der Waals surface area contributed by atoms with Crippen LogP contribution in [0.3, 0.4) is 0 Å². The van der Waals surface area contributed by atoms with Crippen molar-refractivity contribution >= 4 is 5.97 Å². The third-order valence-corrected chi connectivity index (χ3v) is 1.33. The lowest BCUT2D eigenvalue weighted by Gasteiger charge is -1.90. The summed E-state index contributed by atoms with van der Waals surface area (Å²) >= 11 is 0. The number of carbonyl (C=O) groups is 1. The molecule has 3 nitrogen and oxygen atoms in total. The summed E-state index contributed by atoms with van der Waals surface area (Å²) in [7, 11) is 0. The maximum absolute atomic E-state index is 9.57. The minimum absolute atomic E-state index is 0.731. The van der Waals surface area contributed by atoms with E-state index in [0.717, 1.165) is 5.56 Å². The second-order valence-corrected chi connectivity index (χ2v) is 2.64. The van der Waals surface area contributed by atoms with Gasteiger partial charge in [-0.3, -0.25) is 4.79 Å². The lowest BCUT2D eigenvalue weighted by molar-refractivity contribution is -0.138. The standard InChI is InChI=1S/C8H6.C3H7NO2/c1-2-8-6-4-3-5-7-8;1-2(4)3(5)6/h1,3-7H;2H,4H2,1H3,(H,5,6). The van der Waals surface area contributed by atoms with Gasteiger partial charge in [0.05, 0.1) is 0 Å². The summed E-state index contributed by atoms with van der Waals surface area (Å²) in [5.41, 5.74) is 5.77. The molecule has 74 valence electrons. The average molecular weight is 191 g/mol. The van der Waals surface area contributed by atoms with E-state index in [1.807, 2.05) is 30.3 Å². The number of terminal acetylenes is 1. The molecule has 0 spiro atoms. The van der Waals surface area contributed by atoms with Gasteiger partial charge in [-0.1, -0.05) is 24.1 Å². The molecule has 0 saturated heterocycles. The third kappa shape index (κ3) is 5.81. The zero-order chi connectivity index (χ0) is 11.0. The Morgan fingerprint density at radius 1 is 1.50 bits per heavy atom. The number of carboxylic acids is 1. The fourth-order valence-corrected chi connectivity index (χ4v) is 0.534. The minimum Gasteiger partial charge on any atom is -0.480 e. The second-order valence-electron chi connectivity index (χ2n) is 2.64. The van der Waals surface area contributed by atoms with E-state index in [4.69, 9.17) is 17.3 Å². The van der Waals surface area contributed by atoms with Crippen molar-refractivity contribution in [2.75, 3.05) is 0 Å². The topological polar surface area (TPSA) is 63.3 Å². The lowest BCUT2D eigenvalue weighted by Crippen LogP contribution is -2.25. The SMILES string of the molecule is C#Cc1ccccc1.CC(N)C(=O)O. The summed E-state index contributed by atoms with van der Waals surface area (Å²) in [6.45, 7) is 1.42. The highest BCUT2D eigenvalue weighted by molar-refractivity contribution is 5.72. The Hall–Kier alpha value is -1.79. The van der Waals surface area contributed by atoms with E-state index in [0.29, 0.717) is 0 Å². The minimum atomic E-state index is -0.963. The van der Waals surface area contributed by atoms with E-state index in [-0.39, 0.29) is 0 Å². The summed E-state index contributed by atoms with van der Waals surface area (Å²) in [6, 6.07) is 8.87. The summed E-state index contributed by atoms with van der Waals surface area (Å²) in [5.74, 6) is 1.56. The highest BCUT2D eigenvalue weighted by Gasteiger charge is 1.99. The molecule has 14 heavy (non-hydrogen) atoms. The maximum Gasteiger partial charge on any atom is 0.320 e. The van der Waals surface area contributed by atoms with E-state index >= 15 is 0 Å². The van der Waals surface area contributed by atoms with Crippen LogP contribution in [0.25, 0.3) is 0 Å². The van der Waals surface area contributed by atoms with E-state index in [9.17, 15) is 4.79 Å². The van der Waals surface area contributed by atoms with Crippen molar-refractivity contribution in [3.8, 4) is 12.3 Å². The first-order valence-electron chi connectivity index (χ1n) is 4.08. The fourth-order valence-electron chi connectivity index (χ4n) is 0.534. The van der Waals surface area contributed by atoms with Gasteiger partial charge in [0.25, 0.3) is 0 Å². The Balaban J connectivity index is 0.000000255. The van der Waals surface area contributed by atoms with E-state index in [2.05, 4.69) is 5.92 Å². The Kier molecular flexibility index (Phi) is 5.84. The van der Waals surface area contributed by atoms with Crippen LogP contribution in [-0.4, -0.2) is 17.1 Å². The predicted molar refractivity (Wildman–Crippen MR) is 55.7 cm³/mol. The molecular weight excluding hydrogens is 178 g/mol. The lowest BCUT2D eigenvalue weighted by atomic mass is 10.2. The molecule has 0 aliphatic rings. The van der Waals surface area contributed by atoms with Crippen molar-refractivity contribution in [3.05, 3.63) is 35.9 Å². The first kappa shape index (κ1) is 12.2. The molecule has 0 aromatic heterocycles. The second kappa shape index (κ2) is 6.70. The van der Waals surface area contributed by atoms with Crippen LogP contribution in [0.1, 0.15) is 12.5 Å². The average Bonchev–Trinajstić information content (AvgIpc) is 2.20. The Morgan fingerprint density at radius 2 is 1.93 bits per heavy atom. The first-order chi connectivity index (χ1) is 6.57. The van der Waals surface area contributed by atoms with E-state index in [1.165, 1.54) is 6.92 Å². The van der Waals surface area contributed by atoms with Crippen LogP contribution in [0.5, 0.6) is 0 Å². The van der Waals surface area contributed by atoms with Crippen LogP contribution in [0.2, 0.25) is 0 Å². The van der Waals surface area contributed by atoms with Gasteiger partial charge in [-0.2, -0.15) is 0 Å². The molecule has 0 saturated carbocycles. The molecule has 3 N–H and O–H groups in total. The molecule has 1 aromatic carbocycles. The number of hydrogen-bond acceptors (Lipinski definition) is 2. The molecule has 1 unspecified atom stereocenters. The van der Waals surface area contributed by atoms with Gasteiger partial charge >= 0.3 is 5.97 Å². The van der Waals surface area contributed by atoms with Crippen molar-refractivity contribution in [1.29, 1.82) is 0 Å². The van der Waals surface area contributed by atoms with Crippen LogP contribution in [0, 0.1) is 12.3 Å². The van der Waals surface area contributed by atoms with Gasteiger partial charge in [-0.25, -0.2) is 0 Å². The van der Waals surface area contributed by atoms with Gasteiger partial charge in [0.1, 0.15) is 6.04 Å². The molecule has 0 amide bonds. The molecule has 3 heteroatoms. The molecule has 0 fully saturated rings. The van der Waals surface area contributed by atoms with Crippen molar-refractivity contribution < 1.29 is 9.90 Å². The van der Waals surface area contributed by atoms with Crippen LogP contribution >= 0.6 is 0 Å². The largest absolute Gasteiger partial charge is 0.480 e. The highest BCUT2D eigenvalue weighted by Crippen LogP contribution is 1.92. The van der Waals surface area contributed by atoms with Crippen LogP contribution < -0.4 is 5.73 Å². The van der Waals surface area contributed by atoms with Crippen molar-refractivity contribution in [2.24, 2.45) is 5.73 Å². The van der Waals surface area contributed by atoms with Crippen LogP contribution in [0.4, 0.5) is 0 Å². The number of benzene rings is 1. The zero-order valence-electron chi connectivity index (χ0n) is 7.97. The zero-order valence-corrected chi connectivity index (χ0v) is 7.97. The van der Waals surface area contributed by atoms with Gasteiger partial charge in [0.2, 0.25) is 0 Å². The molecule has 1 aromatic rings. The number of carboxylic acid groups (broad SMARTS) is 1. The number of aliphatic carboxylic acids is 1. The van der Waals surface area contributed by atoms with E-state index in [1.54, 1.807) is 0 Å². The maximum atomic E-state index is 9.57. The van der Waals surface area contributed by atoms with Crippen LogP contribution in [0.15, 0.2) is 30.3 Å². The summed E-state index contributed by atoms with van der Waals surface area (Å²) in [5, 5.41) is 7.87. The predicted octanol–water partition coefficient (Wildman–Crippen LogP) is 1.09. The monoisotopic (exact) mass is 191 g/mol. The summed E-state index contributed by atoms with van der Waals surface area (Å²) in [6.07, 6.45) is 5.10. The van der Waals surface area contributed by atoms with Crippen molar-refractivity contribution in [2.45, 2.75) is 13.0 Å². The molecule has 0 radical (unpaired) electrons. The summed E-state index contributed by atoms with van der Waals surface area (Å²) < 4.78 is 0. The van der Waals surface area contributed by atoms with Crippen molar-refractivity contribution in [1.82, 2.24) is 0 Å². The quantitative estimate of drug-likeness (QED) is 0.653. The van der Waals surface area contributed by atoms with Gasteiger partial charge in [-0.05, 0) is 19.1 Å². The Labute approximate surface area is 83.6 Å². The molecule has 0 aliphatic heterocycles. The van der Waals surface area contributed by atoms with Crippen LogP contribution in [-0.2, 0) is 4.79 Å². The Morgan fingerprint density at radius 3 is 2.14 bits per heavy atom. The van der Waals surface area contributed by atoms with Gasteiger partial charge in [0, 0.05) is 5.56 Å². The third-order valence-electron chi connectivity index (χ3n) is 1.33. The molecule has 0 heterocycles. The van der Waals surface area contributed by atoms with E-state index < -0.39 is 12.0 Å². The summed E-state index contributed by atoms with van der Waals surface area (Å²) in [4.78, 5) is 9.57. The number of rotatable bonds is 1. The highest BCUT2D eigenvalue weighted by atomic mass is 16.4. The molecule has 1 atom stereocenters. The molecule has 0 aliphatic carbocycles. The van der Waals surface area contributed by atoms with Gasteiger partial charge < -0.3 is 10.8 Å². The smallest absolute Gasteiger partial charge is 0.320 e.